The first-order valence-electron chi connectivity index (χ1n) is 10.5. The molecule has 0 aromatic rings. The molecule has 24 heavy (non-hydrogen) atoms. The molecule has 2 aliphatic rings. The van der Waals surface area contributed by atoms with Crippen LogP contribution in [0.5, 0.6) is 0 Å². The van der Waals surface area contributed by atoms with E-state index in [0.717, 1.165) is 23.7 Å². The first-order valence-corrected chi connectivity index (χ1v) is 10.5. The number of hydrogen-bond acceptors (Lipinski definition) is 1. The summed E-state index contributed by atoms with van der Waals surface area (Å²) in [7, 11) is 0. The van der Waals surface area contributed by atoms with Crippen molar-refractivity contribution in [3.63, 3.8) is 0 Å². The van der Waals surface area contributed by atoms with Gasteiger partial charge in [-0.1, -0.05) is 82.9 Å². The normalized spacial score (nSPS) is 31.5. The van der Waals surface area contributed by atoms with Gasteiger partial charge in [0.25, 0.3) is 0 Å². The molecule has 0 heterocycles. The maximum absolute atomic E-state index is 8.49. The van der Waals surface area contributed by atoms with Crippen LogP contribution in [-0.4, -0.2) is 0 Å². The maximum Gasteiger partial charge on any atom is 0.0912 e. The van der Waals surface area contributed by atoms with Gasteiger partial charge in [0.15, 0.2) is 0 Å². The molecule has 2 rings (SSSR count). The predicted octanol–water partition coefficient (Wildman–Crippen LogP) is 7.21. The fourth-order valence-corrected chi connectivity index (χ4v) is 4.76. The van der Waals surface area contributed by atoms with E-state index in [1.165, 1.54) is 83.5 Å². The molecule has 0 amide bonds. The van der Waals surface area contributed by atoms with Gasteiger partial charge in [-0.05, 0) is 49.4 Å². The highest BCUT2D eigenvalue weighted by Gasteiger charge is 2.23. The molecule has 0 N–H and O–H groups in total. The number of rotatable bonds is 8. The van der Waals surface area contributed by atoms with Gasteiger partial charge in [0.1, 0.15) is 0 Å². The maximum atomic E-state index is 8.49. The van der Waals surface area contributed by atoms with Crippen molar-refractivity contribution in [3.8, 4) is 6.07 Å². The lowest BCUT2D eigenvalue weighted by atomic mass is 9.75. The van der Waals surface area contributed by atoms with Gasteiger partial charge in [-0.2, -0.15) is 5.26 Å². The molecule has 0 aliphatic heterocycles. The third-order valence-electron chi connectivity index (χ3n) is 6.47. The SMILES string of the molecule is CCCCC1CCC(CCC2CCC(C=CC=CC#N)CC2)CC1. The summed E-state index contributed by atoms with van der Waals surface area (Å²) in [5, 5.41) is 8.49. The van der Waals surface area contributed by atoms with Crippen LogP contribution in [-0.2, 0) is 0 Å². The molecule has 0 bridgehead atoms. The van der Waals surface area contributed by atoms with Crippen LogP contribution in [0.4, 0.5) is 0 Å². The number of nitrogens with zero attached hydrogens (tertiary/aromatic N) is 1. The summed E-state index contributed by atoms with van der Waals surface area (Å²) in [5.74, 6) is 3.83. The van der Waals surface area contributed by atoms with E-state index in [0.29, 0.717) is 0 Å². The molecule has 0 atom stereocenters. The van der Waals surface area contributed by atoms with E-state index in [1.54, 1.807) is 6.08 Å². The molecule has 0 radical (unpaired) electrons. The smallest absolute Gasteiger partial charge is 0.0912 e. The standard InChI is InChI=1S/C23H37N/c1-2-3-7-20-9-13-22(14-10-20)17-18-23-15-11-21(12-16-23)8-5-4-6-19-24/h4-6,8,20-23H,2-3,7,9-18H2,1H3. The van der Waals surface area contributed by atoms with Crippen molar-refractivity contribution in [1.29, 1.82) is 5.26 Å². The fourth-order valence-electron chi connectivity index (χ4n) is 4.76. The highest BCUT2D eigenvalue weighted by atomic mass is 14.3. The minimum atomic E-state index is 0.749. The average molecular weight is 328 g/mol. The van der Waals surface area contributed by atoms with E-state index in [-0.39, 0.29) is 0 Å². The second-order valence-corrected chi connectivity index (χ2v) is 8.26. The van der Waals surface area contributed by atoms with Gasteiger partial charge in [0, 0.05) is 6.08 Å². The van der Waals surface area contributed by atoms with Crippen molar-refractivity contribution < 1.29 is 0 Å². The lowest BCUT2D eigenvalue weighted by Crippen LogP contribution is -2.17. The van der Waals surface area contributed by atoms with E-state index >= 15 is 0 Å². The third kappa shape index (κ3) is 7.25. The summed E-state index contributed by atoms with van der Waals surface area (Å²) >= 11 is 0. The van der Waals surface area contributed by atoms with Crippen LogP contribution >= 0.6 is 0 Å². The first kappa shape index (κ1) is 19.3. The molecule has 0 saturated heterocycles. The van der Waals surface area contributed by atoms with Crippen molar-refractivity contribution in [2.45, 2.75) is 90.4 Å². The molecule has 2 fully saturated rings. The minimum absolute atomic E-state index is 0.749. The van der Waals surface area contributed by atoms with E-state index in [1.807, 2.05) is 12.1 Å². The van der Waals surface area contributed by atoms with Crippen molar-refractivity contribution in [2.24, 2.45) is 23.7 Å². The Labute approximate surface area is 150 Å². The molecule has 2 aliphatic carbocycles. The van der Waals surface area contributed by atoms with Crippen molar-refractivity contribution in [3.05, 3.63) is 24.3 Å². The molecule has 0 aromatic carbocycles. The zero-order valence-electron chi connectivity index (χ0n) is 15.8. The molecule has 134 valence electrons. The average Bonchev–Trinajstić information content (AvgIpc) is 2.64. The summed E-state index contributed by atoms with van der Waals surface area (Å²) < 4.78 is 0. The summed E-state index contributed by atoms with van der Waals surface area (Å²) in [6.45, 7) is 2.32. The highest BCUT2D eigenvalue weighted by molar-refractivity contribution is 5.12. The van der Waals surface area contributed by atoms with Crippen LogP contribution < -0.4 is 0 Å². The molecular weight excluding hydrogens is 290 g/mol. The Morgan fingerprint density at radius 3 is 1.88 bits per heavy atom. The third-order valence-corrected chi connectivity index (χ3v) is 6.47. The van der Waals surface area contributed by atoms with Gasteiger partial charge in [0.05, 0.1) is 6.07 Å². The van der Waals surface area contributed by atoms with Gasteiger partial charge in [-0.3, -0.25) is 0 Å². The van der Waals surface area contributed by atoms with Crippen LogP contribution in [0.1, 0.15) is 90.4 Å². The summed E-state index contributed by atoms with van der Waals surface area (Å²) in [5.41, 5.74) is 0. The lowest BCUT2D eigenvalue weighted by molar-refractivity contribution is 0.220. The molecule has 1 heteroatoms. The van der Waals surface area contributed by atoms with Crippen LogP contribution in [0.15, 0.2) is 24.3 Å². The number of allylic oxidation sites excluding steroid dienone is 4. The predicted molar refractivity (Wildman–Crippen MR) is 104 cm³/mol. The van der Waals surface area contributed by atoms with Crippen LogP contribution in [0.25, 0.3) is 0 Å². The zero-order chi connectivity index (χ0) is 17.0. The highest BCUT2D eigenvalue weighted by Crippen LogP contribution is 2.37. The first-order chi connectivity index (χ1) is 11.8. The molecule has 0 unspecified atom stereocenters. The monoisotopic (exact) mass is 327 g/mol. The lowest BCUT2D eigenvalue weighted by Gasteiger charge is -2.31. The van der Waals surface area contributed by atoms with Crippen LogP contribution in [0.3, 0.4) is 0 Å². The Morgan fingerprint density at radius 2 is 1.33 bits per heavy atom. The van der Waals surface area contributed by atoms with E-state index in [4.69, 9.17) is 5.26 Å². The Morgan fingerprint density at radius 1 is 0.792 bits per heavy atom. The van der Waals surface area contributed by atoms with Gasteiger partial charge < -0.3 is 0 Å². The number of unbranched alkanes of at least 4 members (excludes halogenated alkanes) is 1. The van der Waals surface area contributed by atoms with Gasteiger partial charge in [-0.15, -0.1) is 0 Å². The van der Waals surface area contributed by atoms with E-state index in [9.17, 15) is 0 Å². The van der Waals surface area contributed by atoms with Crippen LogP contribution in [0.2, 0.25) is 0 Å². The van der Waals surface area contributed by atoms with Crippen molar-refractivity contribution >= 4 is 0 Å². The second kappa shape index (κ2) is 11.5. The number of hydrogen-bond donors (Lipinski definition) is 0. The van der Waals surface area contributed by atoms with Gasteiger partial charge >= 0.3 is 0 Å². The Kier molecular flexibility index (Phi) is 9.26. The molecule has 2 saturated carbocycles. The molecule has 1 nitrogen and oxygen atoms in total. The molecule has 0 aromatic heterocycles. The quantitative estimate of drug-likeness (QED) is 0.341. The summed E-state index contributed by atoms with van der Waals surface area (Å²) in [6, 6.07) is 2.04. The van der Waals surface area contributed by atoms with Gasteiger partial charge in [-0.25, -0.2) is 0 Å². The number of nitriles is 1. The fraction of sp³-hybridized carbons (Fsp3) is 0.783. The summed E-state index contributed by atoms with van der Waals surface area (Å²) in [4.78, 5) is 0. The second-order valence-electron chi connectivity index (χ2n) is 8.26. The molecular formula is C23H37N. The zero-order valence-corrected chi connectivity index (χ0v) is 15.8. The van der Waals surface area contributed by atoms with E-state index in [2.05, 4.69) is 19.1 Å². The Hall–Kier alpha value is -1.03. The molecule has 0 spiro atoms. The van der Waals surface area contributed by atoms with Crippen molar-refractivity contribution in [2.75, 3.05) is 0 Å². The van der Waals surface area contributed by atoms with Crippen molar-refractivity contribution in [1.82, 2.24) is 0 Å². The van der Waals surface area contributed by atoms with Crippen LogP contribution in [0, 0.1) is 35.0 Å². The summed E-state index contributed by atoms with van der Waals surface area (Å²) in [6.07, 6.45) is 26.7. The topological polar surface area (TPSA) is 23.8 Å². The van der Waals surface area contributed by atoms with Gasteiger partial charge in [0.2, 0.25) is 0 Å². The Bertz CT molecular complexity index is 412. The minimum Gasteiger partial charge on any atom is -0.193 e. The largest absolute Gasteiger partial charge is 0.193 e. The Balaban J connectivity index is 1.56. The van der Waals surface area contributed by atoms with E-state index < -0.39 is 0 Å².